The number of hydrogen-bond donors (Lipinski definition) is 18. The van der Waals surface area contributed by atoms with Crippen molar-refractivity contribution in [1.82, 2.24) is 4.72 Å². The summed E-state index contributed by atoms with van der Waals surface area (Å²) in [5, 5.41) is 151. The van der Waals surface area contributed by atoms with Crippen LogP contribution in [0.5, 0.6) is 0 Å². The molecule has 1 aliphatic heterocycles. The number of nitrogens with one attached hydrogen (secondary N) is 1. The van der Waals surface area contributed by atoms with Gasteiger partial charge in [-0.05, 0) is 75.7 Å². The van der Waals surface area contributed by atoms with E-state index in [0.717, 1.165) is 18.6 Å². The smallest absolute Gasteiger partial charge is 0.464 e. The van der Waals surface area contributed by atoms with Gasteiger partial charge in [-0.15, -0.1) is 0 Å². The Labute approximate surface area is 623 Å². The summed E-state index contributed by atoms with van der Waals surface area (Å²) in [6.45, 7) is -0.382. The lowest BCUT2D eigenvalue weighted by Gasteiger charge is -2.37. The van der Waals surface area contributed by atoms with Crippen LogP contribution in [-0.2, 0) is 71.9 Å². The molecule has 0 aliphatic carbocycles. The predicted molar refractivity (Wildman–Crippen MR) is 328 cm³/mol. The second-order valence-electron chi connectivity index (χ2n) is 27.6. The fourth-order valence-corrected chi connectivity index (χ4v) is 6.85. The van der Waals surface area contributed by atoms with Crippen LogP contribution in [0.15, 0.2) is 0 Å². The third kappa shape index (κ3) is 31.9. The van der Waals surface area contributed by atoms with Crippen molar-refractivity contribution in [2.24, 2.45) is 27.1 Å². The van der Waals surface area contributed by atoms with Gasteiger partial charge in [0.25, 0.3) is 16.8 Å². The number of alkyl halides is 20. The number of halogens is 20. The maximum absolute atomic E-state index is 14.0. The van der Waals surface area contributed by atoms with E-state index in [-0.39, 0.29) is 33.8 Å². The minimum atomic E-state index is -5.84. The number of sulfonamides is 1. The van der Waals surface area contributed by atoms with Gasteiger partial charge in [0.15, 0.2) is 5.60 Å². The number of carbonyl (C=O) groups excluding carboxylic acids is 6. The van der Waals surface area contributed by atoms with E-state index in [2.05, 4.69) is 23.7 Å². The Kier molecular flexibility index (Phi) is 43.9. The molecular weight excluding hydrogens is 1630 g/mol. The maximum Gasteiger partial charge on any atom is 0.511 e. The quantitative estimate of drug-likeness (QED) is 0.0236. The first-order chi connectivity index (χ1) is 49.5. The highest BCUT2D eigenvalue weighted by Gasteiger charge is 2.83. The van der Waals surface area contributed by atoms with Crippen LogP contribution in [0.1, 0.15) is 103 Å². The maximum atomic E-state index is 14.0. The van der Waals surface area contributed by atoms with Gasteiger partial charge >= 0.3 is 93.9 Å². The van der Waals surface area contributed by atoms with E-state index < -0.39 is 272 Å². The van der Waals surface area contributed by atoms with Crippen molar-refractivity contribution in [1.29, 1.82) is 0 Å². The molecule has 1 rings (SSSR count). The van der Waals surface area contributed by atoms with Crippen molar-refractivity contribution in [3.8, 4) is 0 Å². The van der Waals surface area contributed by atoms with Crippen LogP contribution >= 0.6 is 0 Å². The van der Waals surface area contributed by atoms with E-state index in [4.69, 9.17) is 91.2 Å². The van der Waals surface area contributed by atoms with Gasteiger partial charge in [0.1, 0.15) is 41.7 Å². The van der Waals surface area contributed by atoms with Gasteiger partial charge in [0.05, 0.1) is 103 Å². The Morgan fingerprint density at radius 1 is 0.482 bits per heavy atom. The topological polar surface area (TPSA) is 557 Å². The molecule has 0 bridgehead atoms. The van der Waals surface area contributed by atoms with Crippen molar-refractivity contribution >= 4 is 45.8 Å². The molecule has 1 aliphatic rings. The average molecular weight is 1730 g/mol. The molecule has 0 saturated carbocycles. The average Bonchev–Trinajstić information content (AvgIpc) is 1.55. The highest BCUT2D eigenvalue weighted by atomic mass is 32.2. The molecule has 0 aromatic carbocycles. The normalized spacial score (nSPS) is 19.5. The zero-order chi connectivity index (χ0) is 91.0. The van der Waals surface area contributed by atoms with E-state index in [0.29, 0.717) is 13.8 Å². The zero-order valence-electron chi connectivity index (χ0n) is 61.6. The van der Waals surface area contributed by atoms with E-state index >= 15 is 0 Å². The van der Waals surface area contributed by atoms with Crippen molar-refractivity contribution in [3.05, 3.63) is 0 Å². The molecule has 112 heavy (non-hydrogen) atoms. The molecule has 0 amide bonds. The molecule has 670 valence electrons. The van der Waals surface area contributed by atoms with E-state index in [9.17, 15) is 130 Å². The number of esters is 6. The SMILES string of the molecule is CC(C)(COC(=O)C(C)(CO)CO)COC(=O)C(C)(O)C(F)(F)F.CC(CC(C)(O)C(F)(F)F)OC(=O)C(C)(CO)CO.CC(CO)(CO)C(=O)OC1(C)COC(O)(C(F)(F)F)C1(F)F.CC(CO)(CO)NS(=O)(=O)C(F)(F)F.CC(O)(C(=O)OCC(O)CO)C(F)(F)F.CCC(CO)(CO)COC(=O)C(C)(O)C(F)(F)F. The molecule has 8 atom stereocenters. The molecule has 0 radical (unpaired) electrons. The highest BCUT2D eigenvalue weighted by molar-refractivity contribution is 7.90. The molecule has 54 heteroatoms. The van der Waals surface area contributed by atoms with Crippen LogP contribution < -0.4 is 4.72 Å². The van der Waals surface area contributed by atoms with Gasteiger partial charge in [-0.1, -0.05) is 20.8 Å². The van der Waals surface area contributed by atoms with E-state index in [1.807, 2.05) is 0 Å². The summed E-state index contributed by atoms with van der Waals surface area (Å²) in [5.41, 5.74) is -31.8. The Bertz CT molecular complexity index is 3010. The summed E-state index contributed by atoms with van der Waals surface area (Å²) in [4.78, 5) is 68.4. The molecule has 1 heterocycles. The predicted octanol–water partition coefficient (Wildman–Crippen LogP) is -0.200. The molecule has 1 saturated heterocycles. The van der Waals surface area contributed by atoms with E-state index in [1.165, 1.54) is 34.6 Å². The summed E-state index contributed by atoms with van der Waals surface area (Å²) >= 11 is 0. The molecule has 33 nitrogen and oxygen atoms in total. The minimum absolute atomic E-state index is 0.196. The first kappa shape index (κ1) is 115. The number of carbonyl (C=O) groups is 6. The van der Waals surface area contributed by atoms with Gasteiger partial charge in [-0.25, -0.2) is 22.8 Å². The molecule has 1 fully saturated rings. The second kappa shape index (κ2) is 42.7. The summed E-state index contributed by atoms with van der Waals surface area (Å²) in [7, 11) is -5.55. The lowest BCUT2D eigenvalue weighted by atomic mass is 9.88. The molecular formula is C58H95F20NO32S. The van der Waals surface area contributed by atoms with Crippen molar-refractivity contribution in [3.63, 3.8) is 0 Å². The summed E-state index contributed by atoms with van der Waals surface area (Å²) in [5.74, 6) is -19.0. The largest absolute Gasteiger partial charge is 0.511 e. The zero-order valence-corrected chi connectivity index (χ0v) is 62.4. The number of aliphatic hydroxyl groups excluding tert-OH is 12. The lowest BCUT2D eigenvalue weighted by molar-refractivity contribution is -0.409. The Morgan fingerprint density at radius 3 is 1.08 bits per heavy atom. The molecule has 0 aromatic heterocycles. The van der Waals surface area contributed by atoms with Gasteiger partial charge in [-0.2, -0.15) is 92.5 Å². The number of hydrogen-bond acceptors (Lipinski definition) is 32. The van der Waals surface area contributed by atoms with Crippen LogP contribution in [0, 0.1) is 27.1 Å². The third-order valence-corrected chi connectivity index (χ3v) is 16.9. The first-order valence-electron chi connectivity index (χ1n) is 31.1. The van der Waals surface area contributed by atoms with Crippen molar-refractivity contribution in [2.75, 3.05) is 106 Å². The van der Waals surface area contributed by atoms with Crippen LogP contribution in [0.25, 0.3) is 0 Å². The molecule has 8 unspecified atom stereocenters. The number of rotatable bonds is 32. The lowest BCUT2D eigenvalue weighted by Crippen LogP contribution is -2.64. The van der Waals surface area contributed by atoms with Gasteiger partial charge in [0.2, 0.25) is 5.60 Å². The Morgan fingerprint density at radius 2 is 0.804 bits per heavy atom. The summed E-state index contributed by atoms with van der Waals surface area (Å²) in [6, 6.07) is 0. The summed E-state index contributed by atoms with van der Waals surface area (Å²) in [6.07, 6.45) is -29.5. The first-order valence-corrected chi connectivity index (χ1v) is 32.6. The van der Waals surface area contributed by atoms with Gasteiger partial charge in [0, 0.05) is 11.8 Å². The number of aliphatic hydroxyl groups is 17. The second-order valence-corrected chi connectivity index (χ2v) is 29.3. The number of ether oxygens (including phenoxy) is 7. The molecule has 0 spiro atoms. The third-order valence-electron chi connectivity index (χ3n) is 15.5. The molecule has 0 aromatic rings. The fraction of sp³-hybridized carbons (Fsp3) is 0.897. The van der Waals surface area contributed by atoms with Crippen molar-refractivity contribution in [2.45, 2.75) is 197 Å². The Balaban J connectivity index is -0.000000413. The fourth-order valence-electron chi connectivity index (χ4n) is 5.96. The monoisotopic (exact) mass is 1730 g/mol. The summed E-state index contributed by atoms with van der Waals surface area (Å²) < 4.78 is 302. The molecule has 18 N–H and O–H groups in total. The van der Waals surface area contributed by atoms with E-state index in [1.54, 1.807) is 6.92 Å². The highest BCUT2D eigenvalue weighted by Crippen LogP contribution is 2.55. The van der Waals surface area contributed by atoms with Gasteiger partial charge < -0.3 is 120 Å². The standard InChI is InChI=1S/C14H23F3O7.C11H15F5O6.C11H19F3O5.C10H17F3O5.C7H11F3O5.C5H10F3NO4S/c1-11(2,7-23-9(20)12(3,5-18)6-19)8-24-10(21)13(4,22)14(15,16)17;1-7(3-17,4-18)6(19)22-8(2)5-21-10(20,9(8,12)13)11(14,15)16;1-7(4-10(3,18)11(12,13)14)19-8(17)9(2,5-15)6-16;1-3-9(4-14,5-15)6-18-7(16)8(2,17)10(11,12)13;1-6(14,7(8,9)10)5(13)15-3-4(12)2-11;1-4(2-10,3-11)9-14(12,13)5(6,7)8/h18-19,22H,5-8H2,1-4H3;17-18,20H,3-5H2,1-2H3;7,15-16,18H,4-6H2,1-3H3;14-15,17H,3-6H2,1-2H3;4,11-12,14H,2-3H2,1H3;9-11H,2-3H2,1H3. The van der Waals surface area contributed by atoms with Crippen LogP contribution in [0.3, 0.4) is 0 Å². The van der Waals surface area contributed by atoms with Crippen LogP contribution in [0.4, 0.5) is 87.8 Å². The Hall–Kier alpha value is -5.39. The van der Waals surface area contributed by atoms with Gasteiger partial charge in [-0.3, -0.25) is 14.4 Å². The van der Waals surface area contributed by atoms with Crippen LogP contribution in [-0.4, -0.2) is 331 Å². The van der Waals surface area contributed by atoms with Crippen molar-refractivity contribution < 1.29 is 245 Å². The van der Waals surface area contributed by atoms with Crippen LogP contribution in [0.2, 0.25) is 0 Å². The minimum Gasteiger partial charge on any atom is -0.464 e.